The van der Waals surface area contributed by atoms with E-state index in [4.69, 9.17) is 4.74 Å². The third kappa shape index (κ3) is 4.11. The maximum Gasteiger partial charge on any atom is 0.338 e. The summed E-state index contributed by atoms with van der Waals surface area (Å²) in [6.07, 6.45) is 1.75. The van der Waals surface area contributed by atoms with Crippen molar-refractivity contribution in [3.8, 4) is 0 Å². The molecule has 150 valence electrons. The molecule has 4 rings (SSSR count). The molecule has 7 nitrogen and oxygen atoms in total. The maximum atomic E-state index is 14.0. The number of esters is 1. The molecule has 1 amide bonds. The van der Waals surface area contributed by atoms with Gasteiger partial charge in [0.25, 0.3) is 5.91 Å². The normalized spacial score (nSPS) is 13.4. The number of fused-ring (bicyclic) bond motifs is 1. The average molecular weight is 396 g/mol. The van der Waals surface area contributed by atoms with Gasteiger partial charge in [-0.05, 0) is 44.0 Å². The molecule has 1 aromatic heterocycles. The molecule has 0 aliphatic heterocycles. The van der Waals surface area contributed by atoms with E-state index >= 15 is 0 Å². The first-order valence-electron chi connectivity index (χ1n) is 9.60. The van der Waals surface area contributed by atoms with Crippen molar-refractivity contribution >= 4 is 22.9 Å². The number of amides is 1. The van der Waals surface area contributed by atoms with Crippen molar-refractivity contribution in [2.45, 2.75) is 38.9 Å². The Balaban J connectivity index is 1.41. The number of hydrogen-bond donors (Lipinski definition) is 0. The third-order valence-corrected chi connectivity index (χ3v) is 4.98. The quantitative estimate of drug-likeness (QED) is 0.574. The Morgan fingerprint density at radius 1 is 1.24 bits per heavy atom. The van der Waals surface area contributed by atoms with Gasteiger partial charge in [0.1, 0.15) is 11.3 Å². The highest BCUT2D eigenvalue weighted by Gasteiger charge is 2.33. The first-order chi connectivity index (χ1) is 14.1. The van der Waals surface area contributed by atoms with Crippen molar-refractivity contribution in [1.29, 1.82) is 0 Å². The lowest BCUT2D eigenvalue weighted by Gasteiger charge is -2.22. The van der Waals surface area contributed by atoms with Gasteiger partial charge in [-0.25, -0.2) is 13.9 Å². The SMILES string of the molecule is CCn1nnc2cc(C(=O)OCC(=O)N(Cc3ccccc3F)C3CC3)ccc21. The molecule has 0 radical (unpaired) electrons. The Morgan fingerprint density at radius 3 is 2.76 bits per heavy atom. The minimum absolute atomic E-state index is 0.0706. The smallest absolute Gasteiger partial charge is 0.338 e. The van der Waals surface area contributed by atoms with Crippen molar-refractivity contribution in [2.24, 2.45) is 0 Å². The summed E-state index contributed by atoms with van der Waals surface area (Å²) >= 11 is 0. The summed E-state index contributed by atoms with van der Waals surface area (Å²) in [7, 11) is 0. The van der Waals surface area contributed by atoms with Gasteiger partial charge in [-0.2, -0.15) is 0 Å². The van der Waals surface area contributed by atoms with E-state index < -0.39 is 5.97 Å². The number of carbonyl (C=O) groups is 2. The highest BCUT2D eigenvalue weighted by atomic mass is 19.1. The number of aromatic nitrogens is 3. The Kier molecular flexibility index (Phi) is 5.24. The number of aryl methyl sites for hydroxylation is 1. The minimum Gasteiger partial charge on any atom is -0.452 e. The molecule has 1 saturated carbocycles. The molecular weight excluding hydrogens is 375 g/mol. The molecule has 0 bridgehead atoms. The number of nitrogens with zero attached hydrogens (tertiary/aromatic N) is 4. The van der Waals surface area contributed by atoms with Crippen LogP contribution < -0.4 is 0 Å². The summed E-state index contributed by atoms with van der Waals surface area (Å²) in [6, 6.07) is 11.4. The maximum absolute atomic E-state index is 14.0. The predicted molar refractivity (Wildman–Crippen MR) is 103 cm³/mol. The molecular formula is C21H21FN4O3. The Morgan fingerprint density at radius 2 is 2.03 bits per heavy atom. The van der Waals surface area contributed by atoms with Crippen LogP contribution in [0.4, 0.5) is 4.39 Å². The second kappa shape index (κ2) is 7.98. The first-order valence-corrected chi connectivity index (χ1v) is 9.60. The topological polar surface area (TPSA) is 77.3 Å². The number of halogens is 1. The molecule has 0 spiro atoms. The van der Waals surface area contributed by atoms with Crippen molar-refractivity contribution in [2.75, 3.05) is 6.61 Å². The van der Waals surface area contributed by atoms with Gasteiger partial charge in [-0.3, -0.25) is 4.79 Å². The highest BCUT2D eigenvalue weighted by Crippen LogP contribution is 2.29. The van der Waals surface area contributed by atoms with Crippen LogP contribution in [0.1, 0.15) is 35.7 Å². The van der Waals surface area contributed by atoms with Gasteiger partial charge in [0.2, 0.25) is 0 Å². The molecule has 2 aromatic carbocycles. The third-order valence-electron chi connectivity index (χ3n) is 4.98. The summed E-state index contributed by atoms with van der Waals surface area (Å²) in [6.45, 7) is 2.41. The van der Waals surface area contributed by atoms with E-state index in [0.717, 1.165) is 18.4 Å². The zero-order chi connectivity index (χ0) is 20.4. The van der Waals surface area contributed by atoms with Gasteiger partial charge in [0.15, 0.2) is 6.61 Å². The molecule has 29 heavy (non-hydrogen) atoms. The molecule has 1 aliphatic rings. The molecule has 0 N–H and O–H groups in total. The summed E-state index contributed by atoms with van der Waals surface area (Å²) in [5, 5.41) is 8.05. The van der Waals surface area contributed by atoms with Crippen LogP contribution in [0.2, 0.25) is 0 Å². The van der Waals surface area contributed by atoms with E-state index in [9.17, 15) is 14.0 Å². The Bertz CT molecular complexity index is 1060. The van der Waals surface area contributed by atoms with E-state index in [1.807, 2.05) is 6.92 Å². The van der Waals surface area contributed by atoms with Crippen LogP contribution in [0, 0.1) is 5.82 Å². The van der Waals surface area contributed by atoms with Gasteiger partial charge in [-0.15, -0.1) is 5.10 Å². The van der Waals surface area contributed by atoms with Crippen LogP contribution in [0.25, 0.3) is 11.0 Å². The zero-order valence-electron chi connectivity index (χ0n) is 16.0. The second-order valence-electron chi connectivity index (χ2n) is 7.03. The molecule has 3 aromatic rings. The number of hydrogen-bond acceptors (Lipinski definition) is 5. The van der Waals surface area contributed by atoms with Crippen molar-refractivity contribution in [3.63, 3.8) is 0 Å². The number of ether oxygens (including phenoxy) is 1. The average Bonchev–Trinajstić information content (AvgIpc) is 3.49. The zero-order valence-corrected chi connectivity index (χ0v) is 16.0. The van der Waals surface area contributed by atoms with Gasteiger partial charge >= 0.3 is 5.97 Å². The van der Waals surface area contributed by atoms with Crippen LogP contribution in [0.3, 0.4) is 0 Å². The van der Waals surface area contributed by atoms with Gasteiger partial charge in [0.05, 0.1) is 11.1 Å². The molecule has 1 fully saturated rings. The fourth-order valence-corrected chi connectivity index (χ4v) is 3.24. The van der Waals surface area contributed by atoms with Gasteiger partial charge < -0.3 is 9.64 Å². The second-order valence-corrected chi connectivity index (χ2v) is 7.03. The summed E-state index contributed by atoms with van der Waals surface area (Å²) in [5.74, 6) is -1.29. The lowest BCUT2D eigenvalue weighted by atomic mass is 10.2. The number of carbonyl (C=O) groups excluding carboxylic acids is 2. The molecule has 1 heterocycles. The van der Waals surface area contributed by atoms with Gasteiger partial charge in [0, 0.05) is 24.7 Å². The Labute approximate surface area is 167 Å². The van der Waals surface area contributed by atoms with E-state index in [2.05, 4.69) is 10.3 Å². The lowest BCUT2D eigenvalue weighted by molar-refractivity contribution is -0.135. The molecule has 0 saturated heterocycles. The van der Waals surface area contributed by atoms with Crippen LogP contribution in [0.15, 0.2) is 42.5 Å². The van der Waals surface area contributed by atoms with Crippen LogP contribution in [0.5, 0.6) is 0 Å². The fraction of sp³-hybridized carbons (Fsp3) is 0.333. The summed E-state index contributed by atoms with van der Waals surface area (Å²) in [4.78, 5) is 26.6. The van der Waals surface area contributed by atoms with Crippen molar-refractivity contribution < 1.29 is 18.7 Å². The molecule has 1 aliphatic carbocycles. The van der Waals surface area contributed by atoms with Crippen LogP contribution in [-0.2, 0) is 22.6 Å². The molecule has 8 heteroatoms. The Hall–Kier alpha value is -3.29. The van der Waals surface area contributed by atoms with Crippen molar-refractivity contribution in [1.82, 2.24) is 19.9 Å². The first kappa shape index (κ1) is 19.0. The van der Waals surface area contributed by atoms with Crippen LogP contribution >= 0.6 is 0 Å². The van der Waals surface area contributed by atoms with Gasteiger partial charge in [-0.1, -0.05) is 23.4 Å². The number of benzene rings is 2. The minimum atomic E-state index is -0.604. The van der Waals surface area contributed by atoms with E-state index in [-0.39, 0.29) is 30.9 Å². The molecule has 0 unspecified atom stereocenters. The van der Waals surface area contributed by atoms with E-state index in [0.29, 0.717) is 23.2 Å². The number of rotatable bonds is 7. The van der Waals surface area contributed by atoms with E-state index in [1.165, 1.54) is 6.07 Å². The monoisotopic (exact) mass is 396 g/mol. The summed E-state index contributed by atoms with van der Waals surface area (Å²) < 4.78 is 20.9. The van der Waals surface area contributed by atoms with E-state index in [1.54, 1.807) is 46.0 Å². The standard InChI is InChI=1S/C21H21FN4O3/c1-2-26-19-10-7-14(11-18(19)23-24-26)21(28)29-13-20(27)25(16-8-9-16)12-15-5-3-4-6-17(15)22/h3-7,10-11,16H,2,8-9,12-13H2,1H3. The largest absolute Gasteiger partial charge is 0.452 e. The lowest BCUT2D eigenvalue weighted by Crippen LogP contribution is -2.36. The van der Waals surface area contributed by atoms with Crippen LogP contribution in [-0.4, -0.2) is 44.4 Å². The highest BCUT2D eigenvalue weighted by molar-refractivity contribution is 5.94. The summed E-state index contributed by atoms with van der Waals surface area (Å²) in [5.41, 5.74) is 2.17. The predicted octanol–water partition coefficient (Wildman–Crippen LogP) is 2.94. The fourth-order valence-electron chi connectivity index (χ4n) is 3.24. The molecule has 0 atom stereocenters. The van der Waals surface area contributed by atoms with Crippen molar-refractivity contribution in [3.05, 3.63) is 59.4 Å².